The van der Waals surface area contributed by atoms with E-state index in [1.807, 2.05) is 25.1 Å². The van der Waals surface area contributed by atoms with Gasteiger partial charge in [-0.25, -0.2) is 0 Å². The predicted molar refractivity (Wildman–Crippen MR) is 125 cm³/mol. The molecule has 1 heterocycles. The third kappa shape index (κ3) is 2.88. The van der Waals surface area contributed by atoms with E-state index in [0.717, 1.165) is 11.3 Å². The van der Waals surface area contributed by atoms with E-state index in [1.54, 1.807) is 19.0 Å². The molecule has 4 atom stereocenters. The summed E-state index contributed by atoms with van der Waals surface area (Å²) in [5.41, 5.74) is 4.38. The van der Waals surface area contributed by atoms with E-state index in [-0.39, 0.29) is 24.3 Å². The molecule has 3 aliphatic carbocycles. The minimum absolute atomic E-state index is 0.0825. The number of ether oxygens (including phenoxy) is 1. The number of primary amides is 1. The number of ketones is 2. The van der Waals surface area contributed by atoms with Gasteiger partial charge in [-0.1, -0.05) is 0 Å². The fourth-order valence-corrected chi connectivity index (χ4v) is 6.15. The Morgan fingerprint density at radius 3 is 2.51 bits per heavy atom. The van der Waals surface area contributed by atoms with Gasteiger partial charge >= 0.3 is 0 Å². The fourth-order valence-electron chi connectivity index (χ4n) is 6.15. The van der Waals surface area contributed by atoms with E-state index in [0.29, 0.717) is 17.9 Å². The van der Waals surface area contributed by atoms with Crippen LogP contribution in [0.1, 0.15) is 22.3 Å². The average molecular weight is 485 g/mol. The second-order valence-electron chi connectivity index (χ2n) is 9.95. The van der Waals surface area contributed by atoms with Crippen LogP contribution < -0.4 is 20.7 Å². The van der Waals surface area contributed by atoms with E-state index in [2.05, 4.69) is 5.32 Å². The summed E-state index contributed by atoms with van der Waals surface area (Å²) in [4.78, 5) is 42.7. The van der Waals surface area contributed by atoms with E-state index >= 15 is 0 Å². The standard InChI is InChI=1S/C24H28N4O7/c1-27(2)13-7-12-20(35-8-26-12)15-10(13)5-9-6-11-17(28(3)4)19(30)16(23(25)33)22(32)24(11,34)21(31)14(9)18(15)29/h7,9,11,17,26,30-31,34H,5-6,8H2,1-4H3,(H2,25,33)/t9-,11-,17-,24-/m0/s1. The van der Waals surface area contributed by atoms with E-state index in [1.165, 1.54) is 0 Å². The van der Waals surface area contributed by atoms with Gasteiger partial charge in [-0.15, -0.1) is 0 Å². The molecule has 0 saturated heterocycles. The summed E-state index contributed by atoms with van der Waals surface area (Å²) < 4.78 is 5.69. The summed E-state index contributed by atoms with van der Waals surface area (Å²) >= 11 is 0. The van der Waals surface area contributed by atoms with E-state index in [9.17, 15) is 29.7 Å². The maximum Gasteiger partial charge on any atom is 0.255 e. The second kappa shape index (κ2) is 7.46. The lowest BCUT2D eigenvalue weighted by Gasteiger charge is -2.50. The Bertz CT molecular complexity index is 1260. The Kier molecular flexibility index (Phi) is 4.94. The summed E-state index contributed by atoms with van der Waals surface area (Å²) in [6, 6.07) is 0.920. The minimum Gasteiger partial charge on any atom is -0.510 e. The Balaban J connectivity index is 1.75. The van der Waals surface area contributed by atoms with Crippen LogP contribution in [0, 0.1) is 11.8 Å². The number of nitrogens with zero attached hydrogens (tertiary/aromatic N) is 2. The molecule has 1 aromatic carbocycles. The molecule has 0 fully saturated rings. The van der Waals surface area contributed by atoms with Gasteiger partial charge < -0.3 is 36.0 Å². The lowest BCUT2D eigenvalue weighted by atomic mass is 9.58. The number of carbonyl (C=O) groups is 3. The minimum atomic E-state index is -2.59. The summed E-state index contributed by atoms with van der Waals surface area (Å²) in [7, 11) is 6.96. The Morgan fingerprint density at radius 2 is 1.91 bits per heavy atom. The summed E-state index contributed by atoms with van der Waals surface area (Å²) in [6.45, 7) is 0.182. The number of likely N-dealkylation sites (N-methyl/N-ethyl adjacent to an activating group) is 1. The first-order chi connectivity index (χ1) is 16.4. The van der Waals surface area contributed by atoms with Crippen molar-refractivity contribution >= 4 is 28.8 Å². The number of allylic oxidation sites excluding steroid dienone is 1. The lowest BCUT2D eigenvalue weighted by molar-refractivity contribution is -0.148. The summed E-state index contributed by atoms with van der Waals surface area (Å²) in [5.74, 6) is -5.52. The quantitative estimate of drug-likeness (QED) is 0.375. The van der Waals surface area contributed by atoms with Crippen LogP contribution in [0.5, 0.6) is 5.75 Å². The maximum atomic E-state index is 13.9. The largest absolute Gasteiger partial charge is 0.510 e. The van der Waals surface area contributed by atoms with Crippen LogP contribution in [0.2, 0.25) is 0 Å². The number of rotatable bonds is 3. The molecule has 1 aromatic rings. The fraction of sp³-hybridized carbons (Fsp3) is 0.458. The maximum absolute atomic E-state index is 13.9. The molecule has 5 rings (SSSR count). The number of anilines is 2. The molecule has 1 amide bonds. The highest BCUT2D eigenvalue weighted by Gasteiger charge is 2.63. The molecular weight excluding hydrogens is 456 g/mol. The third-order valence-corrected chi connectivity index (χ3v) is 7.64. The molecule has 0 bridgehead atoms. The zero-order chi connectivity index (χ0) is 25.6. The molecule has 35 heavy (non-hydrogen) atoms. The molecule has 0 saturated carbocycles. The van der Waals surface area contributed by atoms with Gasteiger partial charge in [0.2, 0.25) is 5.78 Å². The first-order valence-electron chi connectivity index (χ1n) is 11.3. The number of benzene rings is 1. The van der Waals surface area contributed by atoms with Crippen LogP contribution >= 0.6 is 0 Å². The number of hydrogen-bond acceptors (Lipinski definition) is 10. The molecule has 11 heteroatoms. The first-order valence-corrected chi connectivity index (χ1v) is 11.3. The highest BCUT2D eigenvalue weighted by atomic mass is 16.5. The topological polar surface area (TPSA) is 166 Å². The average Bonchev–Trinajstić information content (AvgIpc) is 3.23. The van der Waals surface area contributed by atoms with Crippen molar-refractivity contribution in [3.63, 3.8) is 0 Å². The Hall–Kier alpha value is -3.57. The first kappa shape index (κ1) is 23.2. The van der Waals surface area contributed by atoms with E-state index < -0.39 is 58.0 Å². The molecule has 6 N–H and O–H groups in total. The number of Topliss-reactive ketones (excluding diaryl/α,β-unsaturated/α-hetero) is 2. The third-order valence-electron chi connectivity index (χ3n) is 7.64. The van der Waals surface area contributed by atoms with Crippen molar-refractivity contribution < 1.29 is 34.4 Å². The van der Waals surface area contributed by atoms with Crippen molar-refractivity contribution in [2.75, 3.05) is 45.1 Å². The van der Waals surface area contributed by atoms with Crippen molar-refractivity contribution in [2.24, 2.45) is 17.6 Å². The van der Waals surface area contributed by atoms with Crippen LogP contribution in [0.4, 0.5) is 11.4 Å². The van der Waals surface area contributed by atoms with Crippen LogP contribution in [0.3, 0.4) is 0 Å². The summed E-state index contributed by atoms with van der Waals surface area (Å²) in [6.07, 6.45) is 0.452. The van der Waals surface area contributed by atoms with Gasteiger partial charge in [0.05, 0.1) is 17.3 Å². The van der Waals surface area contributed by atoms with Gasteiger partial charge in [0, 0.05) is 31.3 Å². The van der Waals surface area contributed by atoms with Crippen LogP contribution in [0.15, 0.2) is 28.7 Å². The SMILES string of the molecule is CN(C)c1cc2c(c3c1C[C@H]1C[C@H]4[C@H](N(C)C)C(O)=C(C(N)=O)C(=O)[C@@]4(O)C(O)=C1C3=O)OCN2. The van der Waals surface area contributed by atoms with Gasteiger partial charge in [0.1, 0.15) is 17.1 Å². The molecule has 0 spiro atoms. The van der Waals surface area contributed by atoms with Crippen molar-refractivity contribution in [1.82, 2.24) is 4.90 Å². The van der Waals surface area contributed by atoms with Crippen LogP contribution in [0.25, 0.3) is 0 Å². The van der Waals surface area contributed by atoms with Gasteiger partial charge in [-0.3, -0.25) is 19.3 Å². The molecule has 1 aliphatic heterocycles. The number of carbonyl (C=O) groups excluding carboxylic acids is 3. The number of amides is 1. The Labute approximate surface area is 201 Å². The molecule has 186 valence electrons. The Morgan fingerprint density at radius 1 is 1.23 bits per heavy atom. The lowest BCUT2D eigenvalue weighted by Crippen LogP contribution is -2.63. The second-order valence-corrected chi connectivity index (χ2v) is 9.95. The highest BCUT2D eigenvalue weighted by molar-refractivity contribution is 6.25. The molecular formula is C24H28N4O7. The molecule has 0 aromatic heterocycles. The van der Waals surface area contributed by atoms with E-state index in [4.69, 9.17) is 10.5 Å². The number of aliphatic hydroxyl groups excluding tert-OH is 2. The number of aliphatic hydroxyl groups is 3. The van der Waals surface area contributed by atoms with Crippen molar-refractivity contribution in [2.45, 2.75) is 24.5 Å². The van der Waals surface area contributed by atoms with Crippen LogP contribution in [-0.4, -0.2) is 84.3 Å². The number of nitrogens with one attached hydrogen (secondary N) is 1. The van der Waals surface area contributed by atoms with Gasteiger partial charge in [-0.2, -0.15) is 0 Å². The van der Waals surface area contributed by atoms with Gasteiger partial charge in [0.15, 0.2) is 23.9 Å². The molecule has 11 nitrogen and oxygen atoms in total. The molecule has 0 unspecified atom stereocenters. The predicted octanol–water partition coefficient (Wildman–Crippen LogP) is 0.243. The normalized spacial score (nSPS) is 29.3. The molecule has 4 aliphatic rings. The van der Waals surface area contributed by atoms with Crippen molar-refractivity contribution in [3.8, 4) is 5.75 Å². The zero-order valence-corrected chi connectivity index (χ0v) is 19.9. The van der Waals surface area contributed by atoms with Gasteiger partial charge in [0.25, 0.3) is 5.91 Å². The zero-order valence-electron chi connectivity index (χ0n) is 19.9. The summed E-state index contributed by atoms with van der Waals surface area (Å²) in [5, 5.41) is 37.0. The monoisotopic (exact) mass is 484 g/mol. The number of hydrogen-bond donors (Lipinski definition) is 5. The number of fused-ring (bicyclic) bond motifs is 5. The van der Waals surface area contributed by atoms with Gasteiger partial charge in [-0.05, 0) is 44.5 Å². The highest BCUT2D eigenvalue weighted by Crippen LogP contribution is 2.54. The van der Waals surface area contributed by atoms with Crippen molar-refractivity contribution in [1.29, 1.82) is 0 Å². The molecule has 0 radical (unpaired) electrons. The smallest absolute Gasteiger partial charge is 0.255 e. The van der Waals surface area contributed by atoms with Crippen LogP contribution in [-0.2, 0) is 16.0 Å². The van der Waals surface area contributed by atoms with Crippen molar-refractivity contribution in [3.05, 3.63) is 39.9 Å². The number of nitrogens with two attached hydrogens (primary N) is 1.